The van der Waals surface area contributed by atoms with Gasteiger partial charge in [-0.3, -0.25) is 14.4 Å². The van der Waals surface area contributed by atoms with E-state index in [9.17, 15) is 14.4 Å². The van der Waals surface area contributed by atoms with Gasteiger partial charge in [0.15, 0.2) is 0 Å². The first-order valence-corrected chi connectivity index (χ1v) is 8.77. The van der Waals surface area contributed by atoms with E-state index in [-0.39, 0.29) is 17.7 Å². The van der Waals surface area contributed by atoms with Crippen molar-refractivity contribution in [3.8, 4) is 0 Å². The van der Waals surface area contributed by atoms with Crippen molar-refractivity contribution in [3.63, 3.8) is 0 Å². The maximum Gasteiger partial charge on any atom is 0.251 e. The predicted molar refractivity (Wildman–Crippen MR) is 104 cm³/mol. The summed E-state index contributed by atoms with van der Waals surface area (Å²) in [5, 5.41) is 8.22. The normalized spacial score (nSPS) is 13.2. The zero-order valence-corrected chi connectivity index (χ0v) is 15.0. The van der Waals surface area contributed by atoms with Crippen molar-refractivity contribution in [2.24, 2.45) is 0 Å². The van der Waals surface area contributed by atoms with Gasteiger partial charge in [0.25, 0.3) is 11.8 Å². The molecular formula is C21H21N3O3. The van der Waals surface area contributed by atoms with E-state index in [1.807, 2.05) is 0 Å². The number of carbonyl (C=O) groups excluding carboxylic acids is 3. The second kappa shape index (κ2) is 8.31. The lowest BCUT2D eigenvalue weighted by molar-refractivity contribution is -0.111. The standard InChI is InChI=1S/C21H21N3O3/c1-22-20(26)15-5-2-14(3-6-15)4-13-19(25)23-17-9-7-16(8-10-17)21(27)24-18-11-12-18/h2-10,13,18H,11-12H2,1H3,(H,22,26)(H,23,25)(H,24,27)/b13-4+. The third kappa shape index (κ3) is 5.28. The molecule has 0 radical (unpaired) electrons. The van der Waals surface area contributed by atoms with Gasteiger partial charge in [-0.25, -0.2) is 0 Å². The fraction of sp³-hybridized carbons (Fsp3) is 0.190. The quantitative estimate of drug-likeness (QED) is 0.690. The van der Waals surface area contributed by atoms with E-state index in [4.69, 9.17) is 0 Å². The summed E-state index contributed by atoms with van der Waals surface area (Å²) in [6, 6.07) is 14.0. The SMILES string of the molecule is CNC(=O)c1ccc(/C=C/C(=O)Nc2ccc(C(=O)NC3CC3)cc2)cc1. The fourth-order valence-corrected chi connectivity index (χ4v) is 2.45. The minimum atomic E-state index is -0.277. The van der Waals surface area contributed by atoms with Crippen LogP contribution in [0.5, 0.6) is 0 Å². The number of anilines is 1. The zero-order valence-electron chi connectivity index (χ0n) is 15.0. The molecule has 1 aliphatic rings. The maximum absolute atomic E-state index is 12.0. The van der Waals surface area contributed by atoms with Crippen LogP contribution in [0.3, 0.4) is 0 Å². The highest BCUT2D eigenvalue weighted by Crippen LogP contribution is 2.19. The smallest absolute Gasteiger partial charge is 0.251 e. The Bertz CT molecular complexity index is 867. The molecule has 2 aromatic rings. The fourth-order valence-electron chi connectivity index (χ4n) is 2.45. The lowest BCUT2D eigenvalue weighted by atomic mass is 10.1. The summed E-state index contributed by atoms with van der Waals surface area (Å²) in [6.45, 7) is 0. The Hall–Kier alpha value is -3.41. The molecule has 0 heterocycles. The van der Waals surface area contributed by atoms with E-state index in [2.05, 4.69) is 16.0 Å². The third-order valence-electron chi connectivity index (χ3n) is 4.15. The van der Waals surface area contributed by atoms with Crippen LogP contribution < -0.4 is 16.0 Å². The van der Waals surface area contributed by atoms with Gasteiger partial charge in [-0.05, 0) is 60.9 Å². The van der Waals surface area contributed by atoms with Gasteiger partial charge in [0.1, 0.15) is 0 Å². The molecule has 3 rings (SSSR count). The molecule has 0 saturated heterocycles. The molecule has 27 heavy (non-hydrogen) atoms. The van der Waals surface area contributed by atoms with Crippen molar-refractivity contribution < 1.29 is 14.4 Å². The Morgan fingerprint density at radius 2 is 1.48 bits per heavy atom. The molecule has 1 aliphatic carbocycles. The van der Waals surface area contributed by atoms with Crippen LogP contribution in [0.15, 0.2) is 54.6 Å². The van der Waals surface area contributed by atoms with Gasteiger partial charge in [0, 0.05) is 36.0 Å². The molecule has 3 amide bonds. The summed E-state index contributed by atoms with van der Waals surface area (Å²) in [7, 11) is 1.58. The maximum atomic E-state index is 12.0. The van der Waals surface area contributed by atoms with Crippen molar-refractivity contribution >= 4 is 29.5 Å². The molecule has 138 valence electrons. The lowest BCUT2D eigenvalue weighted by Crippen LogP contribution is -2.25. The largest absolute Gasteiger partial charge is 0.355 e. The van der Waals surface area contributed by atoms with Gasteiger partial charge in [0.2, 0.25) is 5.91 Å². The highest BCUT2D eigenvalue weighted by molar-refractivity contribution is 6.02. The number of nitrogens with one attached hydrogen (secondary N) is 3. The molecule has 6 heteroatoms. The molecule has 3 N–H and O–H groups in total. The van der Waals surface area contributed by atoms with Crippen molar-refractivity contribution in [2.75, 3.05) is 12.4 Å². The first-order chi connectivity index (χ1) is 13.0. The van der Waals surface area contributed by atoms with E-state index in [0.717, 1.165) is 18.4 Å². The van der Waals surface area contributed by atoms with Crippen LogP contribution >= 0.6 is 0 Å². The van der Waals surface area contributed by atoms with Gasteiger partial charge in [-0.15, -0.1) is 0 Å². The van der Waals surface area contributed by atoms with Crippen LogP contribution in [-0.4, -0.2) is 30.8 Å². The van der Waals surface area contributed by atoms with Crippen LogP contribution in [0, 0.1) is 0 Å². The predicted octanol–water partition coefficient (Wildman–Crippen LogP) is 2.59. The Balaban J connectivity index is 1.54. The minimum Gasteiger partial charge on any atom is -0.355 e. The van der Waals surface area contributed by atoms with E-state index >= 15 is 0 Å². The molecule has 0 spiro atoms. The highest BCUT2D eigenvalue weighted by atomic mass is 16.2. The van der Waals surface area contributed by atoms with Crippen LogP contribution in [0.4, 0.5) is 5.69 Å². The number of amides is 3. The molecule has 1 saturated carbocycles. The number of rotatable bonds is 6. The van der Waals surface area contributed by atoms with Crippen LogP contribution in [0.1, 0.15) is 39.1 Å². The van der Waals surface area contributed by atoms with Gasteiger partial charge in [-0.1, -0.05) is 12.1 Å². The highest BCUT2D eigenvalue weighted by Gasteiger charge is 2.23. The van der Waals surface area contributed by atoms with Crippen LogP contribution in [-0.2, 0) is 4.79 Å². The van der Waals surface area contributed by atoms with Crippen molar-refractivity contribution in [1.29, 1.82) is 0 Å². The van der Waals surface area contributed by atoms with Gasteiger partial charge in [0.05, 0.1) is 0 Å². The Labute approximate surface area is 157 Å². The number of hydrogen-bond acceptors (Lipinski definition) is 3. The number of carbonyl (C=O) groups is 3. The monoisotopic (exact) mass is 363 g/mol. The topological polar surface area (TPSA) is 87.3 Å². The van der Waals surface area contributed by atoms with Gasteiger partial charge in [-0.2, -0.15) is 0 Å². The first kappa shape index (κ1) is 18.4. The lowest BCUT2D eigenvalue weighted by Gasteiger charge is -2.05. The molecule has 0 unspecified atom stereocenters. The van der Waals surface area contributed by atoms with Gasteiger partial charge < -0.3 is 16.0 Å². The Morgan fingerprint density at radius 3 is 2.07 bits per heavy atom. The molecule has 0 aromatic heterocycles. The summed E-state index contributed by atoms with van der Waals surface area (Å²) in [6.07, 6.45) is 5.17. The van der Waals surface area contributed by atoms with Crippen molar-refractivity contribution in [2.45, 2.75) is 18.9 Å². The first-order valence-electron chi connectivity index (χ1n) is 8.77. The average molecular weight is 363 g/mol. The Morgan fingerprint density at radius 1 is 0.889 bits per heavy atom. The summed E-state index contributed by atoms with van der Waals surface area (Å²) >= 11 is 0. The molecular weight excluding hydrogens is 342 g/mol. The summed E-state index contributed by atoms with van der Waals surface area (Å²) in [5.74, 6) is -0.520. The second-order valence-electron chi connectivity index (χ2n) is 6.35. The molecule has 2 aromatic carbocycles. The van der Waals surface area contributed by atoms with Crippen LogP contribution in [0.2, 0.25) is 0 Å². The molecule has 1 fully saturated rings. The molecule has 0 bridgehead atoms. The number of hydrogen-bond donors (Lipinski definition) is 3. The second-order valence-corrected chi connectivity index (χ2v) is 6.35. The number of benzene rings is 2. The van der Waals surface area contributed by atoms with E-state index in [1.54, 1.807) is 61.7 Å². The van der Waals surface area contributed by atoms with Crippen LogP contribution in [0.25, 0.3) is 6.08 Å². The molecule has 0 atom stereocenters. The van der Waals surface area contributed by atoms with E-state index < -0.39 is 0 Å². The van der Waals surface area contributed by atoms with Gasteiger partial charge >= 0.3 is 0 Å². The summed E-state index contributed by atoms with van der Waals surface area (Å²) in [5.41, 5.74) is 2.56. The average Bonchev–Trinajstić information content (AvgIpc) is 3.50. The Kier molecular flexibility index (Phi) is 5.66. The minimum absolute atomic E-state index is 0.0875. The molecule has 6 nitrogen and oxygen atoms in total. The van der Waals surface area contributed by atoms with Crippen molar-refractivity contribution in [3.05, 3.63) is 71.3 Å². The van der Waals surface area contributed by atoms with E-state index in [1.165, 1.54) is 6.08 Å². The summed E-state index contributed by atoms with van der Waals surface area (Å²) < 4.78 is 0. The third-order valence-corrected chi connectivity index (χ3v) is 4.15. The summed E-state index contributed by atoms with van der Waals surface area (Å²) in [4.78, 5) is 35.5. The zero-order chi connectivity index (χ0) is 19.2. The molecule has 0 aliphatic heterocycles. The van der Waals surface area contributed by atoms with Crippen molar-refractivity contribution in [1.82, 2.24) is 10.6 Å². The van der Waals surface area contributed by atoms with E-state index in [0.29, 0.717) is 22.9 Å².